The van der Waals surface area contributed by atoms with E-state index in [1.54, 1.807) is 0 Å². The third-order valence-electron chi connectivity index (χ3n) is 3.61. The van der Waals surface area contributed by atoms with E-state index in [0.29, 0.717) is 6.61 Å². The Hall–Kier alpha value is -0.480. The normalized spacial score (nSPS) is 21.6. The molecule has 0 saturated carbocycles. The summed E-state index contributed by atoms with van der Waals surface area (Å²) in [4.78, 5) is 0. The van der Waals surface area contributed by atoms with E-state index in [2.05, 4.69) is 5.32 Å². The number of rotatable bonds is 3. The highest BCUT2D eigenvalue weighted by atomic mass is 35.5. The van der Waals surface area contributed by atoms with Crippen LogP contribution in [0.3, 0.4) is 0 Å². The summed E-state index contributed by atoms with van der Waals surface area (Å²) in [6.45, 7) is 3.19. The Labute approximate surface area is 125 Å². The van der Waals surface area contributed by atoms with Crippen LogP contribution in [0.2, 0.25) is 5.02 Å². The lowest BCUT2D eigenvalue weighted by Gasteiger charge is -2.24. The summed E-state index contributed by atoms with van der Waals surface area (Å²) in [5.41, 5.74) is 2.57. The predicted molar refractivity (Wildman–Crippen MR) is 78.8 cm³/mol. The van der Waals surface area contributed by atoms with Gasteiger partial charge in [0.1, 0.15) is 18.5 Å². The summed E-state index contributed by atoms with van der Waals surface area (Å²) in [5, 5.41) is 4.19. The van der Waals surface area contributed by atoms with Gasteiger partial charge in [-0.3, -0.25) is 0 Å². The fourth-order valence-corrected chi connectivity index (χ4v) is 2.95. The molecule has 3 rings (SSSR count). The van der Waals surface area contributed by atoms with Crippen molar-refractivity contribution >= 4 is 24.0 Å². The first-order valence-corrected chi connectivity index (χ1v) is 6.98. The maximum Gasteiger partial charge on any atom is 0.123 e. The number of hydrogen-bond donors (Lipinski definition) is 1. The molecule has 19 heavy (non-hydrogen) atoms. The van der Waals surface area contributed by atoms with Gasteiger partial charge in [0.05, 0.1) is 6.61 Å². The summed E-state index contributed by atoms with van der Waals surface area (Å²) in [5.74, 6) is 0.987. The highest BCUT2D eigenvalue weighted by Gasteiger charge is 2.20. The second kappa shape index (κ2) is 6.80. The molecular formula is C14H19Cl2NO2. The van der Waals surface area contributed by atoms with Crippen LogP contribution in [0.25, 0.3) is 0 Å². The minimum Gasteiger partial charge on any atom is -0.491 e. The summed E-state index contributed by atoms with van der Waals surface area (Å²) < 4.78 is 11.5. The van der Waals surface area contributed by atoms with Crippen LogP contribution < -0.4 is 10.1 Å². The molecule has 0 radical (unpaired) electrons. The van der Waals surface area contributed by atoms with Crippen molar-refractivity contribution in [3.8, 4) is 5.75 Å². The van der Waals surface area contributed by atoms with Crippen molar-refractivity contribution in [2.75, 3.05) is 26.3 Å². The lowest BCUT2D eigenvalue weighted by molar-refractivity contribution is 0.0000284. The van der Waals surface area contributed by atoms with E-state index in [0.717, 1.165) is 43.3 Å². The standard InChI is InChI=1S/C14H18ClNO2.ClH/c15-13-4-5-14(12-3-1-2-11(12)13)18-9-10-8-16-6-7-17-10;/h4-5,10,16H,1-3,6-9H2;1H. The van der Waals surface area contributed by atoms with Crippen LogP contribution in [0, 0.1) is 0 Å². The Morgan fingerprint density at radius 3 is 2.95 bits per heavy atom. The molecule has 1 atom stereocenters. The van der Waals surface area contributed by atoms with Gasteiger partial charge >= 0.3 is 0 Å². The van der Waals surface area contributed by atoms with Crippen molar-refractivity contribution in [3.63, 3.8) is 0 Å². The van der Waals surface area contributed by atoms with E-state index < -0.39 is 0 Å². The lowest BCUT2D eigenvalue weighted by atomic mass is 10.1. The van der Waals surface area contributed by atoms with Crippen LogP contribution in [0.1, 0.15) is 17.5 Å². The second-order valence-corrected chi connectivity index (χ2v) is 5.27. The molecule has 1 aromatic rings. The zero-order chi connectivity index (χ0) is 12.4. The van der Waals surface area contributed by atoms with Gasteiger partial charge in [-0.2, -0.15) is 0 Å². The molecule has 1 heterocycles. The first kappa shape index (κ1) is 14.9. The Morgan fingerprint density at radius 1 is 1.32 bits per heavy atom. The van der Waals surface area contributed by atoms with E-state index in [9.17, 15) is 0 Å². The van der Waals surface area contributed by atoms with Gasteiger partial charge in [0, 0.05) is 18.1 Å². The Balaban J connectivity index is 0.00000133. The van der Waals surface area contributed by atoms with Crippen molar-refractivity contribution in [2.45, 2.75) is 25.4 Å². The lowest BCUT2D eigenvalue weighted by Crippen LogP contribution is -2.41. The molecular weight excluding hydrogens is 285 g/mol. The zero-order valence-electron chi connectivity index (χ0n) is 10.8. The van der Waals surface area contributed by atoms with Gasteiger partial charge in [0.15, 0.2) is 0 Å². The van der Waals surface area contributed by atoms with Crippen LogP contribution in [0.4, 0.5) is 0 Å². The van der Waals surface area contributed by atoms with E-state index in [1.807, 2.05) is 12.1 Å². The van der Waals surface area contributed by atoms with Crippen LogP contribution in [-0.4, -0.2) is 32.4 Å². The first-order valence-electron chi connectivity index (χ1n) is 6.60. The summed E-state index contributed by atoms with van der Waals surface area (Å²) in [6, 6.07) is 3.93. The quantitative estimate of drug-likeness (QED) is 0.931. The minimum absolute atomic E-state index is 0. The monoisotopic (exact) mass is 303 g/mol. The second-order valence-electron chi connectivity index (χ2n) is 4.86. The Kier molecular flexibility index (Phi) is 5.34. The van der Waals surface area contributed by atoms with Crippen molar-refractivity contribution in [3.05, 3.63) is 28.3 Å². The molecule has 1 saturated heterocycles. The van der Waals surface area contributed by atoms with Crippen molar-refractivity contribution in [2.24, 2.45) is 0 Å². The molecule has 106 valence electrons. The van der Waals surface area contributed by atoms with Crippen LogP contribution in [0.15, 0.2) is 12.1 Å². The molecule has 0 spiro atoms. The van der Waals surface area contributed by atoms with E-state index in [4.69, 9.17) is 21.1 Å². The van der Waals surface area contributed by atoms with Crippen LogP contribution in [0.5, 0.6) is 5.75 Å². The van der Waals surface area contributed by atoms with E-state index >= 15 is 0 Å². The number of fused-ring (bicyclic) bond motifs is 1. The molecule has 1 fully saturated rings. The van der Waals surface area contributed by atoms with Gasteiger partial charge in [-0.1, -0.05) is 11.6 Å². The van der Waals surface area contributed by atoms with Crippen molar-refractivity contribution < 1.29 is 9.47 Å². The molecule has 5 heteroatoms. The number of ether oxygens (including phenoxy) is 2. The van der Waals surface area contributed by atoms with Gasteiger partial charge in [-0.25, -0.2) is 0 Å². The highest BCUT2D eigenvalue weighted by Crippen LogP contribution is 2.35. The first-order chi connectivity index (χ1) is 8.84. The largest absolute Gasteiger partial charge is 0.491 e. The minimum atomic E-state index is 0. The van der Waals surface area contributed by atoms with Crippen LogP contribution in [-0.2, 0) is 17.6 Å². The maximum absolute atomic E-state index is 6.20. The average Bonchev–Trinajstić information content (AvgIpc) is 2.90. The van der Waals surface area contributed by atoms with E-state index in [-0.39, 0.29) is 18.5 Å². The topological polar surface area (TPSA) is 30.5 Å². The number of nitrogens with one attached hydrogen (secondary N) is 1. The van der Waals surface area contributed by atoms with E-state index in [1.165, 1.54) is 17.5 Å². The molecule has 0 amide bonds. The highest BCUT2D eigenvalue weighted by molar-refractivity contribution is 6.31. The van der Waals surface area contributed by atoms with Gasteiger partial charge in [0.2, 0.25) is 0 Å². The zero-order valence-corrected chi connectivity index (χ0v) is 12.4. The van der Waals surface area contributed by atoms with Crippen molar-refractivity contribution in [1.29, 1.82) is 0 Å². The van der Waals surface area contributed by atoms with Crippen molar-refractivity contribution in [1.82, 2.24) is 5.32 Å². The van der Waals surface area contributed by atoms with Crippen LogP contribution >= 0.6 is 24.0 Å². The number of halogens is 2. The van der Waals surface area contributed by atoms with Gasteiger partial charge in [-0.05, 0) is 42.5 Å². The number of benzene rings is 1. The molecule has 1 aromatic carbocycles. The Bertz CT molecular complexity index is 434. The summed E-state index contributed by atoms with van der Waals surface area (Å²) in [7, 11) is 0. The SMILES string of the molecule is Cl.Clc1ccc(OCC2CNCCO2)c2c1CCC2. The van der Waals surface area contributed by atoms with Gasteiger partial charge < -0.3 is 14.8 Å². The fraction of sp³-hybridized carbons (Fsp3) is 0.571. The van der Waals surface area contributed by atoms with Gasteiger partial charge in [0.25, 0.3) is 0 Å². The number of morpholine rings is 1. The predicted octanol–water partition coefficient (Wildman–Crippen LogP) is 2.62. The average molecular weight is 304 g/mol. The molecule has 3 nitrogen and oxygen atoms in total. The summed E-state index contributed by atoms with van der Waals surface area (Å²) >= 11 is 6.20. The number of hydrogen-bond acceptors (Lipinski definition) is 3. The van der Waals surface area contributed by atoms with Gasteiger partial charge in [-0.15, -0.1) is 12.4 Å². The molecule has 0 bridgehead atoms. The summed E-state index contributed by atoms with van der Waals surface area (Å²) in [6.07, 6.45) is 3.49. The maximum atomic E-state index is 6.20. The third kappa shape index (κ3) is 3.34. The molecule has 1 N–H and O–H groups in total. The Morgan fingerprint density at radius 2 is 2.16 bits per heavy atom. The molecule has 1 unspecified atom stereocenters. The third-order valence-corrected chi connectivity index (χ3v) is 3.97. The molecule has 0 aromatic heterocycles. The smallest absolute Gasteiger partial charge is 0.123 e. The fourth-order valence-electron chi connectivity index (χ4n) is 2.67. The molecule has 1 aliphatic heterocycles. The molecule has 1 aliphatic carbocycles. The molecule has 2 aliphatic rings.